The summed E-state index contributed by atoms with van der Waals surface area (Å²) in [7, 11) is 0. The number of carboxylic acid groups (broad SMARTS) is 1. The molecular formula is C15H20N2O2. The third-order valence-electron chi connectivity index (χ3n) is 4.88. The zero-order chi connectivity index (χ0) is 13.5. The van der Waals surface area contributed by atoms with Crippen molar-refractivity contribution in [2.75, 3.05) is 13.1 Å². The van der Waals surface area contributed by atoms with E-state index in [0.29, 0.717) is 6.42 Å². The molecule has 1 aliphatic carbocycles. The van der Waals surface area contributed by atoms with Crippen LogP contribution in [-0.2, 0) is 11.3 Å². The number of nitrogens with zero attached hydrogens (tertiary/aromatic N) is 1. The highest BCUT2D eigenvalue weighted by atomic mass is 16.4. The number of carbonyl (C=O) groups is 1. The number of carboxylic acids is 1. The minimum atomic E-state index is -0.953. The number of hydrogen-bond donors (Lipinski definition) is 2. The Kier molecular flexibility index (Phi) is 2.87. The Labute approximate surface area is 113 Å². The van der Waals surface area contributed by atoms with E-state index in [-0.39, 0.29) is 5.41 Å². The third kappa shape index (κ3) is 2.05. The van der Waals surface area contributed by atoms with Crippen LogP contribution in [0.25, 0.3) is 0 Å². The van der Waals surface area contributed by atoms with Gasteiger partial charge in [-0.15, -0.1) is 0 Å². The van der Waals surface area contributed by atoms with Gasteiger partial charge in [-0.25, -0.2) is 0 Å². The Morgan fingerprint density at radius 2 is 1.89 bits per heavy atom. The van der Waals surface area contributed by atoms with E-state index in [2.05, 4.69) is 29.2 Å². The minimum Gasteiger partial charge on any atom is -0.480 e. The van der Waals surface area contributed by atoms with E-state index in [1.54, 1.807) is 0 Å². The van der Waals surface area contributed by atoms with Crippen molar-refractivity contribution in [2.45, 2.75) is 31.3 Å². The number of likely N-dealkylation sites (tertiary alicyclic amines) is 1. The standard InChI is InChI=1S/C15H20N2O2/c16-15(13(18)19)11-14(15)6-8-17(9-7-14)10-12-4-2-1-3-5-12/h1-5H,6-11,16H2,(H,18,19). The van der Waals surface area contributed by atoms with Gasteiger partial charge in [0.05, 0.1) is 0 Å². The molecule has 0 bridgehead atoms. The molecule has 0 amide bonds. The fourth-order valence-electron chi connectivity index (χ4n) is 3.40. The molecule has 102 valence electrons. The predicted octanol–water partition coefficient (Wildman–Crippen LogP) is 1.45. The molecular weight excluding hydrogens is 240 g/mol. The number of piperidine rings is 1. The van der Waals surface area contributed by atoms with Crippen molar-refractivity contribution in [3.63, 3.8) is 0 Å². The second-order valence-electron chi connectivity index (χ2n) is 6.00. The SMILES string of the molecule is NC1(C(=O)O)CC12CCN(Cc1ccccc1)CC2. The average Bonchev–Trinajstić information content (AvgIpc) is 3.00. The molecule has 1 saturated heterocycles. The maximum absolute atomic E-state index is 11.2. The summed E-state index contributed by atoms with van der Waals surface area (Å²) in [6, 6.07) is 10.4. The van der Waals surface area contributed by atoms with Crippen LogP contribution in [0.2, 0.25) is 0 Å². The first-order valence-electron chi connectivity index (χ1n) is 6.84. The van der Waals surface area contributed by atoms with E-state index in [9.17, 15) is 9.90 Å². The van der Waals surface area contributed by atoms with Gasteiger partial charge in [0.2, 0.25) is 0 Å². The van der Waals surface area contributed by atoms with Crippen LogP contribution in [0.4, 0.5) is 0 Å². The topological polar surface area (TPSA) is 66.6 Å². The summed E-state index contributed by atoms with van der Waals surface area (Å²) >= 11 is 0. The Morgan fingerprint density at radius 1 is 1.26 bits per heavy atom. The normalized spacial score (nSPS) is 29.3. The average molecular weight is 260 g/mol. The van der Waals surface area contributed by atoms with Crippen molar-refractivity contribution in [3.05, 3.63) is 35.9 Å². The zero-order valence-electron chi connectivity index (χ0n) is 11.0. The number of hydrogen-bond acceptors (Lipinski definition) is 3. The molecule has 1 atom stereocenters. The highest BCUT2D eigenvalue weighted by Gasteiger charge is 2.70. The van der Waals surface area contributed by atoms with E-state index in [1.165, 1.54) is 5.56 Å². The molecule has 1 aromatic carbocycles. The molecule has 4 heteroatoms. The highest BCUT2D eigenvalue weighted by Crippen LogP contribution is 2.61. The Hall–Kier alpha value is -1.39. The van der Waals surface area contributed by atoms with E-state index in [4.69, 9.17) is 5.73 Å². The summed E-state index contributed by atoms with van der Waals surface area (Å²) in [4.78, 5) is 13.6. The summed E-state index contributed by atoms with van der Waals surface area (Å²) in [6.07, 6.45) is 2.46. The summed E-state index contributed by atoms with van der Waals surface area (Å²) in [5.74, 6) is -0.830. The first-order chi connectivity index (χ1) is 9.06. The van der Waals surface area contributed by atoms with Crippen molar-refractivity contribution in [3.8, 4) is 0 Å². The molecule has 4 nitrogen and oxygen atoms in total. The summed E-state index contributed by atoms with van der Waals surface area (Å²) in [5, 5.41) is 9.19. The van der Waals surface area contributed by atoms with Gasteiger partial charge in [-0.2, -0.15) is 0 Å². The van der Waals surface area contributed by atoms with E-state index in [0.717, 1.165) is 32.5 Å². The first kappa shape index (κ1) is 12.6. The van der Waals surface area contributed by atoms with Crippen LogP contribution < -0.4 is 5.73 Å². The van der Waals surface area contributed by atoms with Gasteiger partial charge in [0.25, 0.3) is 0 Å². The number of rotatable bonds is 3. The van der Waals surface area contributed by atoms with Gasteiger partial charge in [-0.05, 0) is 37.9 Å². The van der Waals surface area contributed by atoms with E-state index in [1.807, 2.05) is 6.07 Å². The van der Waals surface area contributed by atoms with Gasteiger partial charge in [-0.3, -0.25) is 9.69 Å². The molecule has 2 aliphatic rings. The molecule has 1 aliphatic heterocycles. The fourth-order valence-corrected chi connectivity index (χ4v) is 3.40. The minimum absolute atomic E-state index is 0.133. The molecule has 1 heterocycles. The van der Waals surface area contributed by atoms with E-state index < -0.39 is 11.5 Å². The molecule has 0 radical (unpaired) electrons. The molecule has 1 spiro atoms. The maximum Gasteiger partial charge on any atom is 0.324 e. The van der Waals surface area contributed by atoms with Gasteiger partial charge in [0.15, 0.2) is 0 Å². The Bertz CT molecular complexity index is 480. The Morgan fingerprint density at radius 3 is 2.42 bits per heavy atom. The second-order valence-corrected chi connectivity index (χ2v) is 6.00. The largest absolute Gasteiger partial charge is 0.480 e. The van der Waals surface area contributed by atoms with Gasteiger partial charge in [-0.1, -0.05) is 30.3 Å². The molecule has 1 saturated carbocycles. The lowest BCUT2D eigenvalue weighted by atomic mass is 9.88. The fraction of sp³-hybridized carbons (Fsp3) is 0.533. The smallest absolute Gasteiger partial charge is 0.324 e. The van der Waals surface area contributed by atoms with Gasteiger partial charge >= 0.3 is 5.97 Å². The number of nitrogens with two attached hydrogens (primary N) is 1. The van der Waals surface area contributed by atoms with Crippen LogP contribution in [0.3, 0.4) is 0 Å². The molecule has 1 unspecified atom stereocenters. The second kappa shape index (κ2) is 4.32. The molecule has 19 heavy (non-hydrogen) atoms. The lowest BCUT2D eigenvalue weighted by Crippen LogP contribution is -2.44. The van der Waals surface area contributed by atoms with Crippen molar-refractivity contribution >= 4 is 5.97 Å². The molecule has 0 aromatic heterocycles. The maximum atomic E-state index is 11.2. The number of benzene rings is 1. The van der Waals surface area contributed by atoms with Gasteiger partial charge in [0, 0.05) is 12.0 Å². The van der Waals surface area contributed by atoms with Crippen molar-refractivity contribution in [1.82, 2.24) is 4.90 Å². The molecule has 3 rings (SSSR count). The zero-order valence-corrected chi connectivity index (χ0v) is 11.0. The summed E-state index contributed by atoms with van der Waals surface area (Å²) in [5.41, 5.74) is 6.21. The van der Waals surface area contributed by atoms with Crippen LogP contribution in [0, 0.1) is 5.41 Å². The summed E-state index contributed by atoms with van der Waals surface area (Å²) in [6.45, 7) is 2.84. The quantitative estimate of drug-likeness (QED) is 0.863. The Balaban J connectivity index is 1.58. The van der Waals surface area contributed by atoms with Crippen molar-refractivity contribution < 1.29 is 9.90 Å². The van der Waals surface area contributed by atoms with Crippen molar-refractivity contribution in [2.24, 2.45) is 11.1 Å². The first-order valence-corrected chi connectivity index (χ1v) is 6.84. The van der Waals surface area contributed by atoms with Crippen LogP contribution in [-0.4, -0.2) is 34.6 Å². The van der Waals surface area contributed by atoms with E-state index >= 15 is 0 Å². The van der Waals surface area contributed by atoms with Crippen LogP contribution in [0.15, 0.2) is 30.3 Å². The highest BCUT2D eigenvalue weighted by molar-refractivity contribution is 5.84. The summed E-state index contributed by atoms with van der Waals surface area (Å²) < 4.78 is 0. The van der Waals surface area contributed by atoms with Crippen LogP contribution >= 0.6 is 0 Å². The predicted molar refractivity (Wildman–Crippen MR) is 72.6 cm³/mol. The molecule has 3 N–H and O–H groups in total. The van der Waals surface area contributed by atoms with Crippen molar-refractivity contribution in [1.29, 1.82) is 0 Å². The lowest BCUT2D eigenvalue weighted by molar-refractivity contribution is -0.141. The molecule has 1 aromatic rings. The molecule has 2 fully saturated rings. The third-order valence-corrected chi connectivity index (χ3v) is 4.88. The van der Waals surface area contributed by atoms with Crippen LogP contribution in [0.5, 0.6) is 0 Å². The number of aliphatic carboxylic acids is 1. The monoisotopic (exact) mass is 260 g/mol. The van der Waals surface area contributed by atoms with Crippen LogP contribution in [0.1, 0.15) is 24.8 Å². The van der Waals surface area contributed by atoms with Gasteiger partial charge < -0.3 is 10.8 Å². The lowest BCUT2D eigenvalue weighted by Gasteiger charge is -2.33. The van der Waals surface area contributed by atoms with Gasteiger partial charge in [0.1, 0.15) is 5.54 Å².